The van der Waals surface area contributed by atoms with Crippen LogP contribution < -0.4 is 20.7 Å². The number of pyridine rings is 1. The number of nitrogens with zero attached hydrogens (tertiary/aromatic N) is 3. The molecule has 0 radical (unpaired) electrons. The second kappa shape index (κ2) is 8.71. The number of rotatable bonds is 6. The van der Waals surface area contributed by atoms with Crippen molar-refractivity contribution in [3.05, 3.63) is 83.6 Å². The van der Waals surface area contributed by atoms with Gasteiger partial charge in [0.05, 0.1) is 29.1 Å². The van der Waals surface area contributed by atoms with Crippen LogP contribution in [0.1, 0.15) is 23.6 Å². The van der Waals surface area contributed by atoms with E-state index in [1.807, 2.05) is 25.1 Å². The second-order valence-corrected chi connectivity index (χ2v) is 8.12. The molecule has 0 saturated heterocycles. The molecule has 0 saturated carbocycles. The Hall–Kier alpha value is -4.24. The smallest absolute Gasteiger partial charge is 0.144 e. The van der Waals surface area contributed by atoms with E-state index in [4.69, 9.17) is 10.5 Å². The van der Waals surface area contributed by atoms with E-state index < -0.39 is 0 Å². The van der Waals surface area contributed by atoms with E-state index in [0.717, 1.165) is 36.1 Å². The number of nitrogens with one attached hydrogen (secondary N) is 1. The van der Waals surface area contributed by atoms with Gasteiger partial charge in [0.15, 0.2) is 0 Å². The first-order valence-corrected chi connectivity index (χ1v) is 11.1. The van der Waals surface area contributed by atoms with Crippen molar-refractivity contribution < 1.29 is 4.74 Å². The minimum absolute atomic E-state index is 0.470. The molecule has 0 bridgehead atoms. The number of hydrogen-bond donors (Lipinski definition) is 2. The third-order valence-electron chi connectivity index (χ3n) is 5.98. The van der Waals surface area contributed by atoms with Crippen molar-refractivity contribution in [1.82, 2.24) is 4.98 Å². The van der Waals surface area contributed by atoms with Crippen molar-refractivity contribution in [3.8, 4) is 11.8 Å². The summed E-state index contributed by atoms with van der Waals surface area (Å²) < 4.78 is 5.61. The van der Waals surface area contributed by atoms with Crippen LogP contribution in [0.4, 0.5) is 22.7 Å². The topological polar surface area (TPSA) is 87.2 Å². The van der Waals surface area contributed by atoms with E-state index in [9.17, 15) is 5.26 Å². The molecule has 0 atom stereocenters. The molecular weight excluding hydrogens is 410 g/mol. The summed E-state index contributed by atoms with van der Waals surface area (Å²) in [7, 11) is 0. The highest BCUT2D eigenvalue weighted by Crippen LogP contribution is 2.37. The first-order chi connectivity index (χ1) is 16.2. The summed E-state index contributed by atoms with van der Waals surface area (Å²) in [6.07, 6.45) is 2.58. The summed E-state index contributed by atoms with van der Waals surface area (Å²) in [5, 5.41) is 14.0. The van der Waals surface area contributed by atoms with E-state index in [1.165, 1.54) is 16.8 Å². The zero-order valence-electron chi connectivity index (χ0n) is 18.5. The maximum Gasteiger partial charge on any atom is 0.144 e. The van der Waals surface area contributed by atoms with Gasteiger partial charge >= 0.3 is 0 Å². The molecule has 2 heterocycles. The van der Waals surface area contributed by atoms with Gasteiger partial charge in [-0.05, 0) is 48.7 Å². The van der Waals surface area contributed by atoms with Gasteiger partial charge in [0, 0.05) is 42.1 Å². The van der Waals surface area contributed by atoms with Crippen LogP contribution >= 0.6 is 0 Å². The Morgan fingerprint density at radius 1 is 1.15 bits per heavy atom. The molecule has 1 aliphatic heterocycles. The minimum Gasteiger partial charge on any atom is -0.492 e. The van der Waals surface area contributed by atoms with Gasteiger partial charge in [0.25, 0.3) is 0 Å². The molecule has 0 aliphatic carbocycles. The SMILES string of the molecule is CCOc1cc2ncc(C#N)c(Nc3ccc4c(c3)CCN4Cc3ccccc3)c2cc1N. The van der Waals surface area contributed by atoms with Crippen LogP contribution in [0.5, 0.6) is 5.75 Å². The molecule has 0 unspecified atom stereocenters. The van der Waals surface area contributed by atoms with Crippen molar-refractivity contribution in [3.63, 3.8) is 0 Å². The summed E-state index contributed by atoms with van der Waals surface area (Å²) in [5.41, 5.74) is 13.4. The molecule has 6 heteroatoms. The van der Waals surface area contributed by atoms with Crippen LogP contribution in [0.25, 0.3) is 10.9 Å². The van der Waals surface area contributed by atoms with Crippen LogP contribution in [0, 0.1) is 11.3 Å². The predicted octanol–water partition coefficient (Wildman–Crippen LogP) is 5.39. The van der Waals surface area contributed by atoms with Crippen molar-refractivity contribution in [2.24, 2.45) is 0 Å². The zero-order chi connectivity index (χ0) is 22.8. The van der Waals surface area contributed by atoms with E-state index in [-0.39, 0.29) is 0 Å². The van der Waals surface area contributed by atoms with Crippen LogP contribution in [-0.4, -0.2) is 18.1 Å². The Morgan fingerprint density at radius 3 is 2.79 bits per heavy atom. The van der Waals surface area contributed by atoms with E-state index >= 15 is 0 Å². The quantitative estimate of drug-likeness (QED) is 0.395. The van der Waals surface area contributed by atoms with Gasteiger partial charge in [0.1, 0.15) is 11.8 Å². The molecule has 3 aromatic carbocycles. The largest absolute Gasteiger partial charge is 0.492 e. The molecule has 164 valence electrons. The number of hydrogen-bond acceptors (Lipinski definition) is 6. The Morgan fingerprint density at radius 2 is 2.00 bits per heavy atom. The summed E-state index contributed by atoms with van der Waals surface area (Å²) in [5.74, 6) is 0.601. The van der Waals surface area contributed by atoms with Gasteiger partial charge in [-0.25, -0.2) is 0 Å². The maximum atomic E-state index is 9.70. The fraction of sp³-hybridized carbons (Fsp3) is 0.185. The fourth-order valence-corrected chi connectivity index (χ4v) is 4.40. The van der Waals surface area contributed by atoms with Gasteiger partial charge < -0.3 is 20.7 Å². The van der Waals surface area contributed by atoms with Gasteiger partial charge in [-0.15, -0.1) is 0 Å². The zero-order valence-corrected chi connectivity index (χ0v) is 18.5. The number of fused-ring (bicyclic) bond motifs is 2. The average Bonchev–Trinajstić information content (AvgIpc) is 3.23. The number of benzene rings is 3. The molecule has 4 aromatic rings. The Bertz CT molecular complexity index is 1360. The second-order valence-electron chi connectivity index (χ2n) is 8.12. The molecule has 0 amide bonds. The number of nitrogen functional groups attached to an aromatic ring is 1. The van der Waals surface area contributed by atoms with E-state index in [1.54, 1.807) is 6.20 Å². The van der Waals surface area contributed by atoms with E-state index in [2.05, 4.69) is 63.7 Å². The number of nitrogens with two attached hydrogens (primary N) is 1. The first kappa shape index (κ1) is 20.7. The summed E-state index contributed by atoms with van der Waals surface area (Å²) >= 11 is 0. The molecule has 0 fully saturated rings. The molecule has 6 nitrogen and oxygen atoms in total. The summed E-state index contributed by atoms with van der Waals surface area (Å²) in [6.45, 7) is 4.33. The lowest BCUT2D eigenvalue weighted by Crippen LogP contribution is -2.19. The Labute approximate surface area is 193 Å². The number of nitriles is 1. The first-order valence-electron chi connectivity index (χ1n) is 11.1. The lowest BCUT2D eigenvalue weighted by Gasteiger charge is -2.20. The van der Waals surface area contributed by atoms with Gasteiger partial charge in [-0.3, -0.25) is 4.98 Å². The summed E-state index contributed by atoms with van der Waals surface area (Å²) in [6, 6.07) is 22.8. The Balaban J connectivity index is 1.46. The predicted molar refractivity (Wildman–Crippen MR) is 133 cm³/mol. The van der Waals surface area contributed by atoms with Crippen LogP contribution in [-0.2, 0) is 13.0 Å². The normalized spacial score (nSPS) is 12.4. The van der Waals surface area contributed by atoms with Gasteiger partial charge in [0.2, 0.25) is 0 Å². The molecule has 33 heavy (non-hydrogen) atoms. The van der Waals surface area contributed by atoms with Crippen molar-refractivity contribution in [1.29, 1.82) is 5.26 Å². The minimum atomic E-state index is 0.470. The molecule has 1 aliphatic rings. The third kappa shape index (κ3) is 4.01. The van der Waals surface area contributed by atoms with Crippen LogP contribution in [0.15, 0.2) is 66.9 Å². The molecule has 1 aromatic heterocycles. The highest BCUT2D eigenvalue weighted by molar-refractivity contribution is 5.98. The standard InChI is InChI=1S/C27H25N5O/c1-2-33-26-14-24-22(13-23(26)29)27(20(15-28)16-30-24)31-21-8-9-25-19(12-21)10-11-32(25)17-18-6-4-3-5-7-18/h3-9,12-14,16H,2,10-11,17,29H2,1H3,(H,30,31). The number of aromatic nitrogens is 1. The molecular formula is C27H25N5O. The lowest BCUT2D eigenvalue weighted by molar-refractivity contribution is 0.342. The monoisotopic (exact) mass is 435 g/mol. The van der Waals surface area contributed by atoms with Crippen LogP contribution in [0.3, 0.4) is 0 Å². The fourth-order valence-electron chi connectivity index (χ4n) is 4.40. The highest BCUT2D eigenvalue weighted by atomic mass is 16.5. The van der Waals surface area contributed by atoms with Crippen LogP contribution in [0.2, 0.25) is 0 Å². The van der Waals surface area contributed by atoms with Crippen molar-refractivity contribution in [2.75, 3.05) is 29.1 Å². The molecule has 3 N–H and O–H groups in total. The van der Waals surface area contributed by atoms with Crippen molar-refractivity contribution >= 4 is 33.7 Å². The van der Waals surface area contributed by atoms with Gasteiger partial charge in [-0.1, -0.05) is 30.3 Å². The molecule has 5 rings (SSSR count). The highest BCUT2D eigenvalue weighted by Gasteiger charge is 2.20. The maximum absolute atomic E-state index is 9.70. The number of ether oxygens (including phenoxy) is 1. The lowest BCUT2D eigenvalue weighted by atomic mass is 10.1. The Kier molecular flexibility index (Phi) is 5.45. The molecule has 0 spiro atoms. The van der Waals surface area contributed by atoms with Crippen molar-refractivity contribution in [2.45, 2.75) is 19.9 Å². The summed E-state index contributed by atoms with van der Waals surface area (Å²) in [4.78, 5) is 6.85. The average molecular weight is 436 g/mol. The third-order valence-corrected chi connectivity index (χ3v) is 5.98. The number of anilines is 4. The van der Waals surface area contributed by atoms with Gasteiger partial charge in [-0.2, -0.15) is 5.26 Å². The van der Waals surface area contributed by atoms with E-state index in [0.29, 0.717) is 29.3 Å².